The van der Waals surface area contributed by atoms with Crippen LogP contribution in [0.15, 0.2) is 0 Å². The molecule has 192 valence electrons. The van der Waals surface area contributed by atoms with Crippen molar-refractivity contribution >= 4 is 0 Å². The topological polar surface area (TPSA) is 36.9 Å². The summed E-state index contributed by atoms with van der Waals surface area (Å²) >= 11 is 0. The first-order valence-corrected chi connectivity index (χ1v) is 8.86. The second-order valence-corrected chi connectivity index (χ2v) is 7.12. The van der Waals surface area contributed by atoms with Crippen molar-refractivity contribution in [2.45, 2.75) is 61.6 Å². The maximum absolute atomic E-state index is 13.7. The first-order valence-electron chi connectivity index (χ1n) is 8.86. The third-order valence-corrected chi connectivity index (χ3v) is 5.32. The molecule has 2 unspecified atom stereocenters. The molecular weight excluding hydrogens is 484 g/mol. The third kappa shape index (κ3) is 5.06. The molecule has 1 aliphatic carbocycles. The fourth-order valence-electron chi connectivity index (χ4n) is 4.04. The van der Waals surface area contributed by atoms with E-state index in [1.165, 1.54) is 0 Å². The van der Waals surface area contributed by atoms with Crippen LogP contribution in [0, 0.1) is 11.8 Å². The number of rotatable bonds is 8. The van der Waals surface area contributed by atoms with Crippen LogP contribution < -0.4 is 0 Å². The lowest BCUT2D eigenvalue weighted by atomic mass is 9.66. The van der Waals surface area contributed by atoms with Gasteiger partial charge in [-0.3, -0.25) is 0 Å². The molecule has 0 amide bonds. The highest BCUT2D eigenvalue weighted by Crippen LogP contribution is 2.59. The van der Waals surface area contributed by atoms with E-state index in [4.69, 9.17) is 0 Å². The fraction of sp³-hybridized carbons (Fsp3) is 1.00. The van der Waals surface area contributed by atoms with E-state index in [1.807, 2.05) is 0 Å². The van der Waals surface area contributed by atoms with Crippen molar-refractivity contribution in [3.63, 3.8) is 0 Å². The van der Waals surface area contributed by atoms with E-state index in [0.29, 0.717) is 14.2 Å². The monoisotopic (exact) mass is 504 g/mol. The number of ether oxygens (including phenoxy) is 4. The molecule has 0 aliphatic heterocycles. The first-order chi connectivity index (χ1) is 14.3. The largest absolute Gasteiger partial charge is 0.426 e. The van der Waals surface area contributed by atoms with E-state index in [0.717, 1.165) is 0 Å². The molecule has 0 aromatic heterocycles. The molecule has 0 radical (unpaired) electrons. The molecule has 0 aromatic carbocycles. The Morgan fingerprint density at radius 3 is 1.06 bits per heavy atom. The molecular formula is C16H20F12O4. The number of methoxy groups -OCH3 is 2. The molecule has 16 heteroatoms. The van der Waals surface area contributed by atoms with Gasteiger partial charge in [0.2, 0.25) is 0 Å². The molecule has 0 saturated heterocycles. The van der Waals surface area contributed by atoms with Crippen LogP contribution in [-0.2, 0) is 18.9 Å². The predicted octanol–water partition coefficient (Wildman–Crippen LogP) is 5.76. The van der Waals surface area contributed by atoms with Gasteiger partial charge >= 0.3 is 24.7 Å². The number of halogens is 12. The van der Waals surface area contributed by atoms with Gasteiger partial charge in [0, 0.05) is 26.1 Å². The van der Waals surface area contributed by atoms with Gasteiger partial charge in [0.15, 0.2) is 0 Å². The van der Waals surface area contributed by atoms with Crippen LogP contribution in [0.4, 0.5) is 52.7 Å². The van der Waals surface area contributed by atoms with E-state index in [1.54, 1.807) is 0 Å². The fourth-order valence-corrected chi connectivity index (χ4v) is 4.04. The van der Waals surface area contributed by atoms with Crippen molar-refractivity contribution < 1.29 is 71.6 Å². The second-order valence-electron chi connectivity index (χ2n) is 7.12. The zero-order chi connectivity index (χ0) is 25.2. The van der Waals surface area contributed by atoms with Crippen molar-refractivity contribution in [3.8, 4) is 0 Å². The van der Waals surface area contributed by atoms with E-state index in [9.17, 15) is 52.7 Å². The Kier molecular flexibility index (Phi) is 8.80. The van der Waals surface area contributed by atoms with Crippen LogP contribution in [-0.4, -0.2) is 63.7 Å². The molecule has 1 fully saturated rings. The van der Waals surface area contributed by atoms with E-state index >= 15 is 0 Å². The molecule has 32 heavy (non-hydrogen) atoms. The minimum Gasteiger partial charge on any atom is -0.359 e. The molecule has 1 aliphatic rings. The normalized spacial score (nSPS) is 22.3. The summed E-state index contributed by atoms with van der Waals surface area (Å²) in [5.74, 6) is -5.68. The lowest BCUT2D eigenvalue weighted by molar-refractivity contribution is -0.425. The standard InChI is InChI=1S/C16H20F12O4/c1-29-7-31-11(13(17,18)19,14(20,21)22)9-4-3-5-10(6-9)12(15(23,24)25,16(26,27)28)32-8-30-2/h9-10H,3-8H2,1-2H3. The first kappa shape index (κ1) is 29.0. The summed E-state index contributed by atoms with van der Waals surface area (Å²) in [6.07, 6.45) is -29.6. The Hall–Kier alpha value is -1.00. The summed E-state index contributed by atoms with van der Waals surface area (Å²) < 4.78 is 180. The minimum atomic E-state index is -6.23. The van der Waals surface area contributed by atoms with E-state index in [-0.39, 0.29) is 0 Å². The number of hydrogen-bond donors (Lipinski definition) is 0. The van der Waals surface area contributed by atoms with Crippen LogP contribution >= 0.6 is 0 Å². The Bertz CT molecular complexity index is 518. The van der Waals surface area contributed by atoms with Crippen LogP contribution in [0.1, 0.15) is 25.7 Å². The van der Waals surface area contributed by atoms with Gasteiger partial charge in [0.1, 0.15) is 13.6 Å². The van der Waals surface area contributed by atoms with Gasteiger partial charge in [0.25, 0.3) is 11.2 Å². The van der Waals surface area contributed by atoms with E-state index in [2.05, 4.69) is 18.9 Å². The van der Waals surface area contributed by atoms with E-state index < -0.39 is 87.0 Å². The number of alkyl halides is 12. The molecule has 0 bridgehead atoms. The Morgan fingerprint density at radius 1 is 0.562 bits per heavy atom. The molecule has 1 saturated carbocycles. The average Bonchev–Trinajstić information content (AvgIpc) is 2.58. The van der Waals surface area contributed by atoms with Gasteiger partial charge in [-0.1, -0.05) is 6.42 Å². The molecule has 4 nitrogen and oxygen atoms in total. The molecule has 0 heterocycles. The van der Waals surface area contributed by atoms with Gasteiger partial charge in [-0.05, 0) is 19.3 Å². The van der Waals surface area contributed by atoms with Gasteiger partial charge in [0.05, 0.1) is 0 Å². The highest BCUT2D eigenvalue weighted by molar-refractivity contribution is 5.08. The zero-order valence-electron chi connectivity index (χ0n) is 16.6. The predicted molar refractivity (Wildman–Crippen MR) is 81.1 cm³/mol. The quantitative estimate of drug-likeness (QED) is 0.311. The van der Waals surface area contributed by atoms with Gasteiger partial charge in [-0.25, -0.2) is 0 Å². The zero-order valence-corrected chi connectivity index (χ0v) is 16.6. The van der Waals surface area contributed by atoms with Crippen LogP contribution in [0.25, 0.3) is 0 Å². The summed E-state index contributed by atoms with van der Waals surface area (Å²) in [5, 5.41) is 0. The van der Waals surface area contributed by atoms with Gasteiger partial charge in [-0.2, -0.15) is 52.7 Å². The maximum Gasteiger partial charge on any atom is 0.426 e. The summed E-state index contributed by atoms with van der Waals surface area (Å²) in [6, 6.07) is 0. The van der Waals surface area contributed by atoms with Crippen molar-refractivity contribution in [1.29, 1.82) is 0 Å². The molecule has 0 spiro atoms. The molecule has 2 atom stereocenters. The molecule has 0 N–H and O–H groups in total. The van der Waals surface area contributed by atoms with Crippen LogP contribution in [0.3, 0.4) is 0 Å². The van der Waals surface area contributed by atoms with Crippen LogP contribution in [0.5, 0.6) is 0 Å². The molecule has 0 aromatic rings. The molecule has 1 rings (SSSR count). The smallest absolute Gasteiger partial charge is 0.359 e. The second kappa shape index (κ2) is 9.70. The van der Waals surface area contributed by atoms with Crippen molar-refractivity contribution in [3.05, 3.63) is 0 Å². The lowest BCUT2D eigenvalue weighted by Crippen LogP contribution is -2.68. The summed E-state index contributed by atoms with van der Waals surface area (Å²) in [7, 11) is 1.39. The minimum absolute atomic E-state index is 0.693. The highest BCUT2D eigenvalue weighted by atomic mass is 19.4. The van der Waals surface area contributed by atoms with Crippen LogP contribution in [0.2, 0.25) is 0 Å². The number of hydrogen-bond acceptors (Lipinski definition) is 4. The maximum atomic E-state index is 13.7. The van der Waals surface area contributed by atoms with Crippen molar-refractivity contribution in [2.24, 2.45) is 11.8 Å². The van der Waals surface area contributed by atoms with Crippen molar-refractivity contribution in [1.82, 2.24) is 0 Å². The average molecular weight is 504 g/mol. The lowest BCUT2D eigenvalue weighted by Gasteiger charge is -2.49. The summed E-state index contributed by atoms with van der Waals surface area (Å²) in [5.41, 5.74) is -10.1. The third-order valence-electron chi connectivity index (χ3n) is 5.32. The summed E-state index contributed by atoms with van der Waals surface area (Å²) in [6.45, 7) is -3.13. The van der Waals surface area contributed by atoms with Gasteiger partial charge in [-0.15, -0.1) is 0 Å². The Morgan fingerprint density at radius 2 is 0.844 bits per heavy atom. The van der Waals surface area contributed by atoms with Gasteiger partial charge < -0.3 is 18.9 Å². The Labute approximate surface area is 174 Å². The van der Waals surface area contributed by atoms with Crippen molar-refractivity contribution in [2.75, 3.05) is 27.8 Å². The summed E-state index contributed by atoms with van der Waals surface area (Å²) in [4.78, 5) is 0. The highest BCUT2D eigenvalue weighted by Gasteiger charge is 2.79. The Balaban J connectivity index is 3.64. The SMILES string of the molecule is COCOC(C1CCCC(C(OCOC)(C(F)(F)F)C(F)(F)F)C1)(C(F)(F)F)C(F)(F)F.